The molecule has 7 heteroatoms. The zero-order valence-electron chi connectivity index (χ0n) is 16.6. The van der Waals surface area contributed by atoms with Crippen molar-refractivity contribution >= 4 is 62.5 Å². The van der Waals surface area contributed by atoms with Gasteiger partial charge in [-0.3, -0.25) is 14.5 Å². The first-order valence-corrected chi connectivity index (χ1v) is 11.9. The number of halogens is 2. The molecule has 2 atom stereocenters. The normalized spacial score (nSPS) is 22.5. The molecule has 5 rings (SSSR count). The first kappa shape index (κ1) is 20.6. The molecule has 1 spiro atoms. The van der Waals surface area contributed by atoms with Gasteiger partial charge in [0.15, 0.2) is 0 Å². The number of anilines is 2. The van der Waals surface area contributed by atoms with Gasteiger partial charge in [-0.05, 0) is 48.9 Å². The number of fused-ring (bicyclic) bond motifs is 2. The van der Waals surface area contributed by atoms with Gasteiger partial charge in [0.25, 0.3) is 5.91 Å². The summed E-state index contributed by atoms with van der Waals surface area (Å²) >= 11 is 10.9. The van der Waals surface area contributed by atoms with E-state index in [0.717, 1.165) is 21.3 Å². The zero-order valence-corrected chi connectivity index (χ0v) is 19.7. The van der Waals surface area contributed by atoms with Gasteiger partial charge in [0.2, 0.25) is 10.8 Å². The molecular formula is C24H18BrClN2O2S. The molecule has 3 aromatic carbocycles. The summed E-state index contributed by atoms with van der Waals surface area (Å²) < 4.78 is 0.856. The van der Waals surface area contributed by atoms with Gasteiger partial charge in [-0.1, -0.05) is 63.9 Å². The molecule has 2 amide bonds. The van der Waals surface area contributed by atoms with Crippen LogP contribution in [0.5, 0.6) is 0 Å². The second-order valence-electron chi connectivity index (χ2n) is 7.59. The lowest BCUT2D eigenvalue weighted by Gasteiger charge is -2.33. The van der Waals surface area contributed by atoms with Gasteiger partial charge >= 0.3 is 0 Å². The van der Waals surface area contributed by atoms with E-state index in [4.69, 9.17) is 11.6 Å². The number of thioether (sulfide) groups is 1. The van der Waals surface area contributed by atoms with Gasteiger partial charge in [-0.25, -0.2) is 0 Å². The highest BCUT2D eigenvalue weighted by Gasteiger charge is 2.63. The Labute approximate surface area is 198 Å². The van der Waals surface area contributed by atoms with Gasteiger partial charge in [0.05, 0.1) is 17.5 Å². The van der Waals surface area contributed by atoms with Crippen molar-refractivity contribution in [3.8, 4) is 0 Å². The first-order chi connectivity index (χ1) is 14.9. The highest BCUT2D eigenvalue weighted by Crippen LogP contribution is 2.58. The first-order valence-electron chi connectivity index (χ1n) is 9.85. The van der Waals surface area contributed by atoms with Crippen LogP contribution in [0.2, 0.25) is 5.02 Å². The number of amides is 2. The fourth-order valence-corrected chi connectivity index (χ4v) is 6.33. The fraction of sp³-hybridized carbons (Fsp3) is 0.167. The van der Waals surface area contributed by atoms with Crippen molar-refractivity contribution in [2.45, 2.75) is 23.6 Å². The quantitative estimate of drug-likeness (QED) is 0.433. The number of benzene rings is 3. The smallest absolute Gasteiger partial charge is 0.269 e. The van der Waals surface area contributed by atoms with Crippen molar-refractivity contribution in [2.75, 3.05) is 9.80 Å². The Morgan fingerprint density at radius 2 is 1.77 bits per heavy atom. The number of hydrogen-bond donors (Lipinski definition) is 0. The molecule has 0 radical (unpaired) electrons. The summed E-state index contributed by atoms with van der Waals surface area (Å²) in [6.45, 7) is 2.27. The summed E-state index contributed by atoms with van der Waals surface area (Å²) in [7, 11) is 0. The van der Waals surface area contributed by atoms with E-state index in [0.29, 0.717) is 17.3 Å². The molecule has 4 nitrogen and oxygen atoms in total. The van der Waals surface area contributed by atoms with Crippen LogP contribution in [0.3, 0.4) is 0 Å². The van der Waals surface area contributed by atoms with Gasteiger partial charge in [0.1, 0.15) is 0 Å². The van der Waals surface area contributed by atoms with Gasteiger partial charge in [0, 0.05) is 20.7 Å². The maximum Gasteiger partial charge on any atom is 0.269 e. The van der Waals surface area contributed by atoms with E-state index in [2.05, 4.69) is 15.9 Å². The number of rotatable bonds is 3. The van der Waals surface area contributed by atoms with E-state index >= 15 is 0 Å². The summed E-state index contributed by atoms with van der Waals surface area (Å²) in [5.74, 6) is -0.175. The van der Waals surface area contributed by atoms with E-state index in [1.807, 2.05) is 79.7 Å². The standard InChI is InChI=1S/C24H18BrClN2O2S/c1-15-22(29)28(19-6-4-5-17(25)13-19)24(31-15)20-7-2-3-8-21(20)27(23(24)30)14-16-9-11-18(26)12-10-16/h2-13,15H,14H2,1H3/t15-,24+/m0/s1. The van der Waals surface area contributed by atoms with E-state index in [1.54, 1.807) is 9.80 Å². The van der Waals surface area contributed by atoms with Crippen LogP contribution in [-0.4, -0.2) is 17.1 Å². The second-order valence-corrected chi connectivity index (χ2v) is 10.5. The van der Waals surface area contributed by atoms with Crippen LogP contribution in [0, 0.1) is 0 Å². The molecule has 0 aliphatic carbocycles. The van der Waals surface area contributed by atoms with Gasteiger partial charge < -0.3 is 4.90 Å². The predicted octanol–water partition coefficient (Wildman–Crippen LogP) is 5.97. The van der Waals surface area contributed by atoms with Crippen LogP contribution in [0.15, 0.2) is 77.3 Å². The van der Waals surface area contributed by atoms with E-state index < -0.39 is 4.87 Å². The SMILES string of the molecule is C[C@@H]1S[C@]2(C(=O)N(Cc3ccc(Cl)cc3)c3ccccc32)N(c2cccc(Br)c2)C1=O. The molecule has 1 saturated heterocycles. The van der Waals surface area contributed by atoms with Crippen molar-refractivity contribution < 1.29 is 9.59 Å². The third kappa shape index (κ3) is 3.20. The number of para-hydroxylation sites is 1. The molecule has 0 bridgehead atoms. The molecule has 3 aromatic rings. The summed E-state index contributed by atoms with van der Waals surface area (Å²) in [6.07, 6.45) is 0. The molecule has 156 valence electrons. The maximum atomic E-state index is 14.1. The predicted molar refractivity (Wildman–Crippen MR) is 129 cm³/mol. The molecule has 0 N–H and O–H groups in total. The van der Waals surface area contributed by atoms with Gasteiger partial charge in [-0.15, -0.1) is 11.8 Å². The maximum absolute atomic E-state index is 14.1. The van der Waals surface area contributed by atoms with Crippen LogP contribution in [0.25, 0.3) is 0 Å². The minimum atomic E-state index is -1.12. The van der Waals surface area contributed by atoms with Gasteiger partial charge in [-0.2, -0.15) is 0 Å². The minimum absolute atomic E-state index is 0.0698. The Bertz CT molecular complexity index is 1200. The molecule has 2 heterocycles. The molecule has 0 aromatic heterocycles. The Morgan fingerprint density at radius 1 is 1.03 bits per heavy atom. The Balaban J connectivity index is 1.66. The third-order valence-electron chi connectivity index (χ3n) is 5.65. The molecule has 31 heavy (non-hydrogen) atoms. The lowest BCUT2D eigenvalue weighted by atomic mass is 10.0. The van der Waals surface area contributed by atoms with Crippen molar-refractivity contribution in [3.05, 3.63) is 93.4 Å². The number of carbonyl (C=O) groups excluding carboxylic acids is 2. The van der Waals surface area contributed by atoms with Crippen LogP contribution < -0.4 is 9.80 Å². The van der Waals surface area contributed by atoms with E-state index in [9.17, 15) is 9.59 Å². The second kappa shape index (κ2) is 7.69. The molecule has 2 aliphatic heterocycles. The topological polar surface area (TPSA) is 40.6 Å². The molecule has 0 unspecified atom stereocenters. The van der Waals surface area contributed by atoms with Crippen molar-refractivity contribution in [3.63, 3.8) is 0 Å². The number of carbonyl (C=O) groups is 2. The minimum Gasteiger partial charge on any atom is -0.304 e. The zero-order chi connectivity index (χ0) is 21.8. The summed E-state index contributed by atoms with van der Waals surface area (Å²) in [5.41, 5.74) is 3.35. The monoisotopic (exact) mass is 512 g/mol. The molecular weight excluding hydrogens is 496 g/mol. The lowest BCUT2D eigenvalue weighted by Crippen LogP contribution is -2.49. The summed E-state index contributed by atoms with van der Waals surface area (Å²) in [5, 5.41) is 0.312. The largest absolute Gasteiger partial charge is 0.304 e. The van der Waals surface area contributed by atoms with E-state index in [1.165, 1.54) is 11.8 Å². The van der Waals surface area contributed by atoms with Crippen molar-refractivity contribution in [2.24, 2.45) is 0 Å². The molecule has 0 saturated carbocycles. The average molecular weight is 514 g/mol. The van der Waals surface area contributed by atoms with Crippen LogP contribution in [0.4, 0.5) is 11.4 Å². The van der Waals surface area contributed by atoms with Crippen molar-refractivity contribution in [1.29, 1.82) is 0 Å². The van der Waals surface area contributed by atoms with Crippen LogP contribution in [-0.2, 0) is 21.0 Å². The van der Waals surface area contributed by atoms with Crippen LogP contribution in [0.1, 0.15) is 18.1 Å². The Kier molecular flexibility index (Phi) is 5.12. The Hall–Kier alpha value is -2.28. The highest BCUT2D eigenvalue weighted by molar-refractivity contribution is 9.10. The average Bonchev–Trinajstić information content (AvgIpc) is 3.16. The lowest BCUT2D eigenvalue weighted by molar-refractivity contribution is -0.124. The number of hydrogen-bond acceptors (Lipinski definition) is 3. The molecule has 2 aliphatic rings. The third-order valence-corrected chi connectivity index (χ3v) is 7.86. The molecule has 1 fully saturated rings. The van der Waals surface area contributed by atoms with E-state index in [-0.39, 0.29) is 17.1 Å². The summed E-state index contributed by atoms with van der Waals surface area (Å²) in [6, 6.07) is 22.8. The van der Waals surface area contributed by atoms with Crippen molar-refractivity contribution in [1.82, 2.24) is 0 Å². The highest BCUT2D eigenvalue weighted by atomic mass is 79.9. The number of nitrogens with zero attached hydrogens (tertiary/aromatic N) is 2. The Morgan fingerprint density at radius 3 is 2.52 bits per heavy atom. The van der Waals surface area contributed by atoms with Crippen LogP contribution >= 0.6 is 39.3 Å². The summed E-state index contributed by atoms with van der Waals surface area (Å²) in [4.78, 5) is 29.8. The fourth-order valence-electron chi connectivity index (χ4n) is 4.28.